The molecule has 16 heavy (non-hydrogen) atoms. The highest BCUT2D eigenvalue weighted by atomic mass is 16.5. The Bertz CT molecular complexity index is 337. The first-order valence-electron chi connectivity index (χ1n) is 5.76. The second-order valence-electron chi connectivity index (χ2n) is 5.16. The van der Waals surface area contributed by atoms with Gasteiger partial charge in [0.25, 0.3) is 0 Å². The molecule has 1 aromatic carbocycles. The van der Waals surface area contributed by atoms with Crippen LogP contribution in [0.5, 0.6) is 11.5 Å². The summed E-state index contributed by atoms with van der Waals surface area (Å²) >= 11 is 0. The van der Waals surface area contributed by atoms with E-state index in [0.29, 0.717) is 6.61 Å². The highest BCUT2D eigenvalue weighted by molar-refractivity contribution is 5.43. The van der Waals surface area contributed by atoms with Gasteiger partial charge in [0.2, 0.25) is 0 Å². The minimum atomic E-state index is 0.290. The molecule has 0 aliphatic heterocycles. The third kappa shape index (κ3) is 3.76. The zero-order valence-electron chi connectivity index (χ0n) is 11.0. The topological polar surface area (TPSA) is 18.5 Å². The zero-order valence-corrected chi connectivity index (χ0v) is 11.0. The number of methoxy groups -OCH3 is 1. The molecule has 1 aromatic rings. The summed E-state index contributed by atoms with van der Waals surface area (Å²) < 4.78 is 10.8. The Hall–Kier alpha value is -1.18. The van der Waals surface area contributed by atoms with Crippen LogP contribution in [0.3, 0.4) is 0 Å². The predicted octanol–water partition coefficient (Wildman–Crippen LogP) is 3.68. The molecule has 0 aromatic heterocycles. The Morgan fingerprint density at radius 3 is 2.31 bits per heavy atom. The molecule has 0 atom stereocenters. The molecule has 0 saturated carbocycles. The summed E-state index contributed by atoms with van der Waals surface area (Å²) in [6.07, 6.45) is 1.04. The lowest BCUT2D eigenvalue weighted by Crippen LogP contribution is -2.09. The fourth-order valence-electron chi connectivity index (χ4n) is 1.71. The molecule has 0 bridgehead atoms. The van der Waals surface area contributed by atoms with E-state index < -0.39 is 0 Å². The van der Waals surface area contributed by atoms with Crippen LogP contribution in [-0.4, -0.2) is 13.7 Å². The third-order valence-electron chi connectivity index (χ3n) is 2.26. The molecule has 2 nitrogen and oxygen atoms in total. The van der Waals surface area contributed by atoms with Gasteiger partial charge in [0, 0.05) is 0 Å². The standard InChI is InChI=1S/C14H22O2/c1-6-16-13-9-11(10-14(2,3)4)7-8-12(13)15-5/h7-9H,6,10H2,1-5H3. The average Bonchev–Trinajstić information content (AvgIpc) is 2.16. The molecular formula is C14H22O2. The van der Waals surface area contributed by atoms with Crippen molar-refractivity contribution in [2.24, 2.45) is 5.41 Å². The van der Waals surface area contributed by atoms with Gasteiger partial charge in [-0.15, -0.1) is 0 Å². The Kier molecular flexibility index (Phi) is 4.22. The van der Waals surface area contributed by atoms with Gasteiger partial charge >= 0.3 is 0 Å². The molecule has 0 heterocycles. The fraction of sp³-hybridized carbons (Fsp3) is 0.571. The van der Waals surface area contributed by atoms with E-state index in [-0.39, 0.29) is 5.41 Å². The van der Waals surface area contributed by atoms with Crippen molar-refractivity contribution < 1.29 is 9.47 Å². The van der Waals surface area contributed by atoms with Crippen LogP contribution in [0, 0.1) is 5.41 Å². The van der Waals surface area contributed by atoms with Crippen LogP contribution >= 0.6 is 0 Å². The van der Waals surface area contributed by atoms with Crippen molar-refractivity contribution in [3.63, 3.8) is 0 Å². The molecule has 0 radical (unpaired) electrons. The predicted molar refractivity (Wildman–Crippen MR) is 67.3 cm³/mol. The van der Waals surface area contributed by atoms with E-state index in [0.717, 1.165) is 17.9 Å². The van der Waals surface area contributed by atoms with Gasteiger partial charge in [-0.2, -0.15) is 0 Å². The SMILES string of the molecule is CCOc1cc(CC(C)(C)C)ccc1OC. The van der Waals surface area contributed by atoms with Crippen molar-refractivity contribution in [2.75, 3.05) is 13.7 Å². The molecule has 0 saturated heterocycles. The normalized spacial score (nSPS) is 11.3. The second-order valence-corrected chi connectivity index (χ2v) is 5.16. The maximum absolute atomic E-state index is 5.56. The van der Waals surface area contributed by atoms with Crippen LogP contribution in [-0.2, 0) is 6.42 Å². The third-order valence-corrected chi connectivity index (χ3v) is 2.26. The number of hydrogen-bond donors (Lipinski definition) is 0. The maximum Gasteiger partial charge on any atom is 0.161 e. The Morgan fingerprint density at radius 1 is 1.12 bits per heavy atom. The summed E-state index contributed by atoms with van der Waals surface area (Å²) in [5.41, 5.74) is 1.58. The van der Waals surface area contributed by atoms with E-state index in [1.165, 1.54) is 5.56 Å². The summed E-state index contributed by atoms with van der Waals surface area (Å²) in [6.45, 7) is 9.35. The molecule has 0 fully saturated rings. The first kappa shape index (κ1) is 12.9. The summed E-state index contributed by atoms with van der Waals surface area (Å²) in [5, 5.41) is 0. The fourth-order valence-corrected chi connectivity index (χ4v) is 1.71. The molecule has 1 rings (SSSR count). The van der Waals surface area contributed by atoms with E-state index in [2.05, 4.69) is 32.9 Å². The molecule has 0 aliphatic rings. The zero-order chi connectivity index (χ0) is 12.2. The first-order chi connectivity index (χ1) is 7.46. The van der Waals surface area contributed by atoms with Crippen molar-refractivity contribution in [2.45, 2.75) is 34.1 Å². The Morgan fingerprint density at radius 2 is 1.81 bits per heavy atom. The van der Waals surface area contributed by atoms with E-state index in [1.807, 2.05) is 13.0 Å². The summed E-state index contributed by atoms with van der Waals surface area (Å²) in [5.74, 6) is 1.64. The number of ether oxygens (including phenoxy) is 2. The molecule has 2 heteroatoms. The largest absolute Gasteiger partial charge is 0.493 e. The van der Waals surface area contributed by atoms with Gasteiger partial charge in [0.05, 0.1) is 13.7 Å². The summed E-state index contributed by atoms with van der Waals surface area (Å²) in [6, 6.07) is 6.16. The quantitative estimate of drug-likeness (QED) is 0.773. The van der Waals surface area contributed by atoms with Crippen LogP contribution in [0.25, 0.3) is 0 Å². The van der Waals surface area contributed by atoms with E-state index in [4.69, 9.17) is 9.47 Å². The molecule has 0 N–H and O–H groups in total. The average molecular weight is 222 g/mol. The van der Waals surface area contributed by atoms with Crippen molar-refractivity contribution >= 4 is 0 Å². The lowest BCUT2D eigenvalue weighted by molar-refractivity contribution is 0.310. The first-order valence-corrected chi connectivity index (χ1v) is 5.76. The van der Waals surface area contributed by atoms with Gasteiger partial charge in [-0.05, 0) is 36.5 Å². The van der Waals surface area contributed by atoms with E-state index >= 15 is 0 Å². The van der Waals surface area contributed by atoms with Crippen LogP contribution in [0.1, 0.15) is 33.3 Å². The van der Waals surface area contributed by atoms with Gasteiger partial charge in [0.1, 0.15) is 0 Å². The van der Waals surface area contributed by atoms with Crippen LogP contribution < -0.4 is 9.47 Å². The van der Waals surface area contributed by atoms with Crippen LogP contribution in [0.15, 0.2) is 18.2 Å². The Balaban J connectivity index is 2.93. The van der Waals surface area contributed by atoms with E-state index in [9.17, 15) is 0 Å². The van der Waals surface area contributed by atoms with Crippen molar-refractivity contribution in [1.82, 2.24) is 0 Å². The molecular weight excluding hydrogens is 200 g/mol. The van der Waals surface area contributed by atoms with Gasteiger partial charge in [-0.1, -0.05) is 26.8 Å². The number of rotatable bonds is 4. The van der Waals surface area contributed by atoms with Gasteiger partial charge in [0.15, 0.2) is 11.5 Å². The van der Waals surface area contributed by atoms with Crippen molar-refractivity contribution in [1.29, 1.82) is 0 Å². The lowest BCUT2D eigenvalue weighted by Gasteiger charge is -2.19. The summed E-state index contributed by atoms with van der Waals surface area (Å²) in [4.78, 5) is 0. The minimum Gasteiger partial charge on any atom is -0.493 e. The monoisotopic (exact) mass is 222 g/mol. The van der Waals surface area contributed by atoms with Crippen LogP contribution in [0.4, 0.5) is 0 Å². The summed E-state index contributed by atoms with van der Waals surface area (Å²) in [7, 11) is 1.67. The van der Waals surface area contributed by atoms with Gasteiger partial charge in [-0.3, -0.25) is 0 Å². The van der Waals surface area contributed by atoms with Crippen molar-refractivity contribution in [3.05, 3.63) is 23.8 Å². The molecule has 0 spiro atoms. The highest BCUT2D eigenvalue weighted by Gasteiger charge is 2.13. The second kappa shape index (κ2) is 5.24. The number of hydrogen-bond acceptors (Lipinski definition) is 2. The van der Waals surface area contributed by atoms with Gasteiger partial charge < -0.3 is 9.47 Å². The molecule has 0 aliphatic carbocycles. The smallest absolute Gasteiger partial charge is 0.161 e. The van der Waals surface area contributed by atoms with E-state index in [1.54, 1.807) is 7.11 Å². The highest BCUT2D eigenvalue weighted by Crippen LogP contribution is 2.30. The molecule has 0 amide bonds. The lowest BCUT2D eigenvalue weighted by atomic mass is 9.88. The van der Waals surface area contributed by atoms with Crippen LogP contribution in [0.2, 0.25) is 0 Å². The molecule has 0 unspecified atom stereocenters. The number of benzene rings is 1. The maximum atomic E-state index is 5.56. The van der Waals surface area contributed by atoms with Crippen molar-refractivity contribution in [3.8, 4) is 11.5 Å². The molecule has 90 valence electrons. The minimum absolute atomic E-state index is 0.290. The van der Waals surface area contributed by atoms with Gasteiger partial charge in [-0.25, -0.2) is 0 Å². The Labute approximate surface area is 98.6 Å².